The van der Waals surface area contributed by atoms with Crippen molar-refractivity contribution in [3.05, 3.63) is 35.5 Å². The van der Waals surface area contributed by atoms with Crippen LogP contribution in [0.3, 0.4) is 0 Å². The molecule has 100 valence electrons. The molecule has 0 radical (unpaired) electrons. The highest BCUT2D eigenvalue weighted by atomic mass is 16.1. The summed E-state index contributed by atoms with van der Waals surface area (Å²) in [5, 5.41) is 9.79. The van der Waals surface area contributed by atoms with Crippen LogP contribution in [0, 0.1) is 6.92 Å². The SMILES string of the molecule is CNc1cc(C(=O)NCc2ncn(C)n2)cc(C)n1. The molecule has 0 spiro atoms. The molecule has 0 atom stereocenters. The van der Waals surface area contributed by atoms with Gasteiger partial charge in [0.1, 0.15) is 12.1 Å². The normalized spacial score (nSPS) is 10.3. The number of anilines is 1. The Labute approximate surface area is 111 Å². The molecule has 0 saturated heterocycles. The number of rotatable bonds is 4. The summed E-state index contributed by atoms with van der Waals surface area (Å²) in [4.78, 5) is 20.3. The first-order valence-electron chi connectivity index (χ1n) is 5.87. The first-order valence-corrected chi connectivity index (χ1v) is 5.87. The molecule has 2 aromatic heterocycles. The van der Waals surface area contributed by atoms with E-state index in [-0.39, 0.29) is 5.91 Å². The maximum Gasteiger partial charge on any atom is 0.251 e. The number of aryl methyl sites for hydroxylation is 2. The van der Waals surface area contributed by atoms with E-state index in [0.717, 1.165) is 5.69 Å². The van der Waals surface area contributed by atoms with Crippen molar-refractivity contribution in [1.29, 1.82) is 0 Å². The second-order valence-electron chi connectivity index (χ2n) is 4.15. The quantitative estimate of drug-likeness (QED) is 0.835. The van der Waals surface area contributed by atoms with Crippen molar-refractivity contribution >= 4 is 11.7 Å². The number of aromatic nitrogens is 4. The maximum absolute atomic E-state index is 12.0. The van der Waals surface area contributed by atoms with E-state index in [1.54, 1.807) is 37.2 Å². The predicted octanol–water partition coefficient (Wildman–Crippen LogP) is 0.490. The average Bonchev–Trinajstić information content (AvgIpc) is 2.81. The minimum Gasteiger partial charge on any atom is -0.373 e. The summed E-state index contributed by atoms with van der Waals surface area (Å²) >= 11 is 0. The summed E-state index contributed by atoms with van der Waals surface area (Å²) < 4.78 is 1.59. The molecule has 0 aliphatic carbocycles. The van der Waals surface area contributed by atoms with E-state index < -0.39 is 0 Å². The summed E-state index contributed by atoms with van der Waals surface area (Å²) in [5.74, 6) is 1.08. The molecule has 0 unspecified atom stereocenters. The summed E-state index contributed by atoms with van der Waals surface area (Å²) in [5.41, 5.74) is 1.35. The van der Waals surface area contributed by atoms with Gasteiger partial charge in [0, 0.05) is 25.4 Å². The highest BCUT2D eigenvalue weighted by Crippen LogP contribution is 2.09. The van der Waals surface area contributed by atoms with Crippen LogP contribution >= 0.6 is 0 Å². The zero-order chi connectivity index (χ0) is 13.8. The van der Waals surface area contributed by atoms with Crippen LogP contribution in [0.2, 0.25) is 0 Å². The van der Waals surface area contributed by atoms with Gasteiger partial charge in [-0.2, -0.15) is 5.10 Å². The number of nitrogens with one attached hydrogen (secondary N) is 2. The van der Waals surface area contributed by atoms with Crippen LogP contribution in [0.1, 0.15) is 21.9 Å². The van der Waals surface area contributed by atoms with E-state index in [4.69, 9.17) is 0 Å². The van der Waals surface area contributed by atoms with Crippen LogP contribution in [0.5, 0.6) is 0 Å². The molecular weight excluding hydrogens is 244 g/mol. The molecule has 7 nitrogen and oxygen atoms in total. The van der Waals surface area contributed by atoms with Gasteiger partial charge in [-0.1, -0.05) is 0 Å². The first-order chi connectivity index (χ1) is 9.08. The molecule has 7 heteroatoms. The highest BCUT2D eigenvalue weighted by Gasteiger charge is 2.09. The van der Waals surface area contributed by atoms with Gasteiger partial charge < -0.3 is 10.6 Å². The topological polar surface area (TPSA) is 84.7 Å². The number of hydrogen-bond donors (Lipinski definition) is 2. The molecule has 2 heterocycles. The number of pyridine rings is 1. The van der Waals surface area contributed by atoms with Gasteiger partial charge in [-0.3, -0.25) is 9.48 Å². The van der Waals surface area contributed by atoms with Crippen molar-refractivity contribution in [1.82, 2.24) is 25.1 Å². The predicted molar refractivity (Wildman–Crippen MR) is 70.7 cm³/mol. The standard InChI is InChI=1S/C12H16N6O/c1-8-4-9(5-10(13-2)16-8)12(19)14-6-11-15-7-18(3)17-11/h4-5,7H,6H2,1-3H3,(H,13,16)(H,14,19). The van der Waals surface area contributed by atoms with Crippen molar-refractivity contribution in [2.45, 2.75) is 13.5 Å². The van der Waals surface area contributed by atoms with Crippen molar-refractivity contribution in [3.8, 4) is 0 Å². The summed E-state index contributed by atoms with van der Waals surface area (Å²) in [7, 11) is 3.55. The van der Waals surface area contributed by atoms with Gasteiger partial charge >= 0.3 is 0 Å². The molecule has 2 N–H and O–H groups in total. The Morgan fingerprint density at radius 1 is 1.42 bits per heavy atom. The first kappa shape index (κ1) is 13.0. The second-order valence-corrected chi connectivity index (χ2v) is 4.15. The third-order valence-electron chi connectivity index (χ3n) is 2.53. The number of hydrogen-bond acceptors (Lipinski definition) is 5. The molecule has 19 heavy (non-hydrogen) atoms. The summed E-state index contributed by atoms with van der Waals surface area (Å²) in [6, 6.07) is 3.44. The number of nitrogens with zero attached hydrogens (tertiary/aromatic N) is 4. The van der Waals surface area contributed by atoms with Gasteiger partial charge in [-0.25, -0.2) is 9.97 Å². The van der Waals surface area contributed by atoms with Crippen LogP contribution in [0.25, 0.3) is 0 Å². The fourth-order valence-electron chi connectivity index (χ4n) is 1.65. The average molecular weight is 260 g/mol. The Bertz CT molecular complexity index is 592. The van der Waals surface area contributed by atoms with E-state index in [1.165, 1.54) is 0 Å². The lowest BCUT2D eigenvalue weighted by Crippen LogP contribution is -2.24. The highest BCUT2D eigenvalue weighted by molar-refractivity contribution is 5.94. The minimum absolute atomic E-state index is 0.172. The summed E-state index contributed by atoms with van der Waals surface area (Å²) in [6.07, 6.45) is 1.59. The largest absolute Gasteiger partial charge is 0.373 e. The van der Waals surface area contributed by atoms with E-state index >= 15 is 0 Å². The lowest BCUT2D eigenvalue weighted by molar-refractivity contribution is 0.0949. The van der Waals surface area contributed by atoms with Crippen molar-refractivity contribution < 1.29 is 4.79 Å². The zero-order valence-electron chi connectivity index (χ0n) is 11.1. The van der Waals surface area contributed by atoms with E-state index in [2.05, 4.69) is 25.7 Å². The van der Waals surface area contributed by atoms with Crippen molar-refractivity contribution in [2.75, 3.05) is 12.4 Å². The van der Waals surface area contributed by atoms with Gasteiger partial charge in [0.25, 0.3) is 5.91 Å². The summed E-state index contributed by atoms with van der Waals surface area (Å²) in [6.45, 7) is 2.15. The molecule has 0 saturated carbocycles. The van der Waals surface area contributed by atoms with Crippen LogP contribution in [-0.4, -0.2) is 32.7 Å². The van der Waals surface area contributed by atoms with Gasteiger partial charge in [0.15, 0.2) is 5.82 Å². The van der Waals surface area contributed by atoms with Gasteiger partial charge in [-0.15, -0.1) is 0 Å². The zero-order valence-corrected chi connectivity index (χ0v) is 11.1. The Hall–Kier alpha value is -2.44. The lowest BCUT2D eigenvalue weighted by Gasteiger charge is -2.06. The molecule has 0 fully saturated rings. The second kappa shape index (κ2) is 5.47. The van der Waals surface area contributed by atoms with Gasteiger partial charge in [0.2, 0.25) is 0 Å². The molecule has 0 aliphatic heterocycles. The number of amides is 1. The van der Waals surface area contributed by atoms with E-state index in [1.807, 2.05) is 6.92 Å². The third-order valence-corrected chi connectivity index (χ3v) is 2.53. The van der Waals surface area contributed by atoms with Crippen LogP contribution in [0.4, 0.5) is 5.82 Å². The van der Waals surface area contributed by atoms with E-state index in [0.29, 0.717) is 23.8 Å². The number of carbonyl (C=O) groups excluding carboxylic acids is 1. The molecule has 2 aromatic rings. The van der Waals surface area contributed by atoms with Crippen LogP contribution in [-0.2, 0) is 13.6 Å². The Kier molecular flexibility index (Phi) is 3.74. The molecule has 0 bridgehead atoms. The number of carbonyl (C=O) groups is 1. The van der Waals surface area contributed by atoms with Crippen molar-refractivity contribution in [3.63, 3.8) is 0 Å². The third kappa shape index (κ3) is 3.27. The Morgan fingerprint density at radius 2 is 2.21 bits per heavy atom. The molecule has 2 rings (SSSR count). The lowest BCUT2D eigenvalue weighted by atomic mass is 10.2. The van der Waals surface area contributed by atoms with E-state index in [9.17, 15) is 4.79 Å². The van der Waals surface area contributed by atoms with Crippen molar-refractivity contribution in [2.24, 2.45) is 7.05 Å². The van der Waals surface area contributed by atoms with Crippen LogP contribution in [0.15, 0.2) is 18.5 Å². The van der Waals surface area contributed by atoms with Gasteiger partial charge in [-0.05, 0) is 19.1 Å². The van der Waals surface area contributed by atoms with Crippen LogP contribution < -0.4 is 10.6 Å². The fourth-order valence-corrected chi connectivity index (χ4v) is 1.65. The van der Waals surface area contributed by atoms with Gasteiger partial charge in [0.05, 0.1) is 6.54 Å². The minimum atomic E-state index is -0.172. The molecular formula is C12H16N6O. The maximum atomic E-state index is 12.0. The smallest absolute Gasteiger partial charge is 0.251 e. The fraction of sp³-hybridized carbons (Fsp3) is 0.333. The molecule has 0 aliphatic rings. The monoisotopic (exact) mass is 260 g/mol. The Morgan fingerprint density at radius 3 is 2.84 bits per heavy atom. The molecule has 0 aromatic carbocycles. The Balaban J connectivity index is 2.05. The molecule has 1 amide bonds.